The Morgan fingerprint density at radius 1 is 1.04 bits per heavy atom. The van der Waals surface area contributed by atoms with E-state index in [0.717, 1.165) is 38.4 Å². The van der Waals surface area contributed by atoms with E-state index in [-0.39, 0.29) is 11.6 Å². The zero-order valence-electron chi connectivity index (χ0n) is 14.4. The average Bonchev–Trinajstić information content (AvgIpc) is 2.68. The molecule has 1 saturated heterocycles. The lowest BCUT2D eigenvalue weighted by atomic mass is 10.1. The predicted molar refractivity (Wildman–Crippen MR) is 96.8 cm³/mol. The van der Waals surface area contributed by atoms with Gasteiger partial charge in [-0.05, 0) is 23.3 Å². The third-order valence-electron chi connectivity index (χ3n) is 4.33. The van der Waals surface area contributed by atoms with Crippen molar-refractivity contribution in [2.75, 3.05) is 26.3 Å². The maximum atomic E-state index is 12.1. The van der Waals surface area contributed by atoms with Crippen molar-refractivity contribution < 1.29 is 14.5 Å². The molecule has 3 rings (SSSR count). The number of carbonyl (C=O) groups is 1. The van der Waals surface area contributed by atoms with Crippen molar-refractivity contribution in [1.29, 1.82) is 0 Å². The van der Waals surface area contributed by atoms with Crippen LogP contribution in [0.1, 0.15) is 21.5 Å². The molecular formula is C19H21N3O4. The molecule has 1 amide bonds. The van der Waals surface area contributed by atoms with Gasteiger partial charge in [0.25, 0.3) is 11.6 Å². The van der Waals surface area contributed by atoms with Crippen LogP contribution in [0.2, 0.25) is 0 Å². The third kappa shape index (κ3) is 4.87. The lowest BCUT2D eigenvalue weighted by molar-refractivity contribution is -0.384. The second-order valence-electron chi connectivity index (χ2n) is 6.19. The Labute approximate surface area is 151 Å². The van der Waals surface area contributed by atoms with E-state index in [4.69, 9.17) is 4.74 Å². The van der Waals surface area contributed by atoms with Crippen LogP contribution in [0.25, 0.3) is 0 Å². The first-order chi connectivity index (χ1) is 12.6. The molecule has 1 heterocycles. The summed E-state index contributed by atoms with van der Waals surface area (Å²) in [6, 6.07) is 13.7. The minimum Gasteiger partial charge on any atom is -0.379 e. The van der Waals surface area contributed by atoms with Crippen LogP contribution in [0.4, 0.5) is 5.69 Å². The van der Waals surface area contributed by atoms with Crippen LogP contribution >= 0.6 is 0 Å². The standard InChI is InChI=1S/C19H21N3O4/c23-19(17-5-7-18(8-6-17)22(24)25)20-13-15-1-3-16(4-2-15)14-21-9-11-26-12-10-21/h1-8H,9-14H2,(H,20,23). The van der Waals surface area contributed by atoms with Crippen LogP contribution in [0.5, 0.6) is 0 Å². The maximum absolute atomic E-state index is 12.1. The molecule has 0 saturated carbocycles. The molecule has 1 aliphatic heterocycles. The second kappa shape index (κ2) is 8.55. The van der Waals surface area contributed by atoms with Crippen molar-refractivity contribution in [2.24, 2.45) is 0 Å². The van der Waals surface area contributed by atoms with E-state index in [1.165, 1.54) is 29.8 Å². The smallest absolute Gasteiger partial charge is 0.269 e. The number of morpholine rings is 1. The number of rotatable bonds is 6. The summed E-state index contributed by atoms with van der Waals surface area (Å²) in [5.74, 6) is -0.253. The highest BCUT2D eigenvalue weighted by atomic mass is 16.6. The lowest BCUT2D eigenvalue weighted by Gasteiger charge is -2.26. The summed E-state index contributed by atoms with van der Waals surface area (Å²) in [4.78, 5) is 24.6. The summed E-state index contributed by atoms with van der Waals surface area (Å²) in [7, 11) is 0. The molecule has 0 spiro atoms. The number of benzene rings is 2. The number of amides is 1. The molecule has 0 aliphatic carbocycles. The number of nitro benzene ring substituents is 1. The number of nitrogens with one attached hydrogen (secondary N) is 1. The fourth-order valence-electron chi connectivity index (χ4n) is 2.80. The molecule has 1 aliphatic rings. The van der Waals surface area contributed by atoms with Gasteiger partial charge in [0.2, 0.25) is 0 Å². The molecule has 0 unspecified atom stereocenters. The van der Waals surface area contributed by atoms with Gasteiger partial charge in [0.1, 0.15) is 0 Å². The van der Waals surface area contributed by atoms with Gasteiger partial charge in [-0.1, -0.05) is 24.3 Å². The van der Waals surface area contributed by atoms with Crippen molar-refractivity contribution in [3.8, 4) is 0 Å². The monoisotopic (exact) mass is 355 g/mol. The van der Waals surface area contributed by atoms with Gasteiger partial charge in [-0.2, -0.15) is 0 Å². The third-order valence-corrected chi connectivity index (χ3v) is 4.33. The Kier molecular flexibility index (Phi) is 5.93. The highest BCUT2D eigenvalue weighted by molar-refractivity contribution is 5.94. The number of hydrogen-bond donors (Lipinski definition) is 1. The number of nitrogens with zero attached hydrogens (tertiary/aromatic N) is 2. The SMILES string of the molecule is O=C(NCc1ccc(CN2CCOCC2)cc1)c1ccc([N+](=O)[O-])cc1. The van der Waals surface area contributed by atoms with E-state index in [9.17, 15) is 14.9 Å². The van der Waals surface area contributed by atoms with Crippen LogP contribution in [0, 0.1) is 10.1 Å². The van der Waals surface area contributed by atoms with Crippen molar-refractivity contribution in [1.82, 2.24) is 10.2 Å². The van der Waals surface area contributed by atoms with E-state index in [0.29, 0.717) is 12.1 Å². The average molecular weight is 355 g/mol. The first kappa shape index (κ1) is 18.0. The van der Waals surface area contributed by atoms with Gasteiger partial charge in [0.05, 0.1) is 18.1 Å². The summed E-state index contributed by atoms with van der Waals surface area (Å²) < 4.78 is 5.35. The molecule has 2 aromatic rings. The highest BCUT2D eigenvalue weighted by Gasteiger charge is 2.11. The number of carbonyl (C=O) groups excluding carboxylic acids is 1. The number of non-ortho nitro benzene ring substituents is 1. The normalized spacial score (nSPS) is 14.8. The molecular weight excluding hydrogens is 334 g/mol. The first-order valence-corrected chi connectivity index (χ1v) is 8.52. The molecule has 1 fully saturated rings. The topological polar surface area (TPSA) is 84.7 Å². The Bertz CT molecular complexity index is 753. The van der Waals surface area contributed by atoms with Gasteiger partial charge in [-0.25, -0.2) is 0 Å². The van der Waals surface area contributed by atoms with Gasteiger partial charge in [0.15, 0.2) is 0 Å². The second-order valence-corrected chi connectivity index (χ2v) is 6.19. The van der Waals surface area contributed by atoms with E-state index in [2.05, 4.69) is 22.3 Å². The molecule has 0 bridgehead atoms. The molecule has 1 N–H and O–H groups in total. The van der Waals surface area contributed by atoms with Crippen molar-refractivity contribution in [2.45, 2.75) is 13.1 Å². The Hall–Kier alpha value is -2.77. The first-order valence-electron chi connectivity index (χ1n) is 8.52. The van der Waals surface area contributed by atoms with Crippen LogP contribution in [-0.4, -0.2) is 42.0 Å². The number of nitro groups is 1. The summed E-state index contributed by atoms with van der Waals surface area (Å²) in [6.45, 7) is 4.78. The quantitative estimate of drug-likeness (QED) is 0.635. The van der Waals surface area contributed by atoms with E-state index in [1.807, 2.05) is 12.1 Å². The largest absolute Gasteiger partial charge is 0.379 e. The fourth-order valence-corrected chi connectivity index (χ4v) is 2.80. The molecule has 7 heteroatoms. The van der Waals surface area contributed by atoms with Gasteiger partial charge >= 0.3 is 0 Å². The predicted octanol–water partition coefficient (Wildman–Crippen LogP) is 2.36. The van der Waals surface area contributed by atoms with E-state index >= 15 is 0 Å². The van der Waals surface area contributed by atoms with Gasteiger partial charge in [0, 0.05) is 43.9 Å². The number of hydrogen-bond acceptors (Lipinski definition) is 5. The molecule has 7 nitrogen and oxygen atoms in total. The fraction of sp³-hybridized carbons (Fsp3) is 0.316. The van der Waals surface area contributed by atoms with Gasteiger partial charge < -0.3 is 10.1 Å². The summed E-state index contributed by atoms with van der Waals surface area (Å²) in [6.07, 6.45) is 0. The lowest BCUT2D eigenvalue weighted by Crippen LogP contribution is -2.35. The summed E-state index contributed by atoms with van der Waals surface area (Å²) in [5.41, 5.74) is 2.61. The Morgan fingerprint density at radius 2 is 1.65 bits per heavy atom. The maximum Gasteiger partial charge on any atom is 0.269 e. The van der Waals surface area contributed by atoms with Crippen LogP contribution in [-0.2, 0) is 17.8 Å². The highest BCUT2D eigenvalue weighted by Crippen LogP contribution is 2.12. The molecule has 2 aromatic carbocycles. The molecule has 0 aromatic heterocycles. The minimum absolute atomic E-state index is 0.0302. The minimum atomic E-state index is -0.486. The molecule has 136 valence electrons. The van der Waals surface area contributed by atoms with Crippen LogP contribution < -0.4 is 5.32 Å². The summed E-state index contributed by atoms with van der Waals surface area (Å²) in [5, 5.41) is 13.5. The van der Waals surface area contributed by atoms with Crippen molar-refractivity contribution in [3.05, 3.63) is 75.3 Å². The van der Waals surface area contributed by atoms with Gasteiger partial charge in [-0.3, -0.25) is 19.8 Å². The zero-order chi connectivity index (χ0) is 18.4. The molecule has 0 radical (unpaired) electrons. The van der Waals surface area contributed by atoms with Crippen molar-refractivity contribution >= 4 is 11.6 Å². The Morgan fingerprint density at radius 3 is 2.27 bits per heavy atom. The van der Waals surface area contributed by atoms with E-state index < -0.39 is 4.92 Å². The van der Waals surface area contributed by atoms with E-state index in [1.54, 1.807) is 0 Å². The van der Waals surface area contributed by atoms with Gasteiger partial charge in [-0.15, -0.1) is 0 Å². The Balaban J connectivity index is 1.50. The zero-order valence-corrected chi connectivity index (χ0v) is 14.4. The van der Waals surface area contributed by atoms with Crippen LogP contribution in [0.3, 0.4) is 0 Å². The number of ether oxygens (including phenoxy) is 1. The summed E-state index contributed by atoms with van der Waals surface area (Å²) >= 11 is 0. The van der Waals surface area contributed by atoms with Crippen molar-refractivity contribution in [3.63, 3.8) is 0 Å². The molecule has 26 heavy (non-hydrogen) atoms. The van der Waals surface area contributed by atoms with Crippen LogP contribution in [0.15, 0.2) is 48.5 Å². The molecule has 0 atom stereocenters.